The highest BCUT2D eigenvalue weighted by molar-refractivity contribution is 7.12. The first kappa shape index (κ1) is 12.1. The van der Waals surface area contributed by atoms with Crippen LogP contribution in [-0.4, -0.2) is 47.2 Å². The van der Waals surface area contributed by atoms with Crippen LogP contribution in [0.1, 0.15) is 9.67 Å². The van der Waals surface area contributed by atoms with E-state index in [-0.39, 0.29) is 5.91 Å². The van der Waals surface area contributed by atoms with Gasteiger partial charge in [-0.1, -0.05) is 6.07 Å². The Hall–Kier alpha value is -1.95. The van der Waals surface area contributed by atoms with Crippen molar-refractivity contribution < 1.29 is 4.79 Å². The van der Waals surface area contributed by atoms with Crippen molar-refractivity contribution in [1.82, 2.24) is 15.1 Å². The Bertz CT molecular complexity index is 535. The molecular formula is C13H14N4OS. The summed E-state index contributed by atoms with van der Waals surface area (Å²) in [6.07, 6.45) is 1.67. The van der Waals surface area contributed by atoms with Gasteiger partial charge in [-0.2, -0.15) is 5.10 Å². The van der Waals surface area contributed by atoms with Crippen LogP contribution >= 0.6 is 11.3 Å². The minimum atomic E-state index is 0.133. The van der Waals surface area contributed by atoms with Crippen LogP contribution in [0.25, 0.3) is 0 Å². The number of anilines is 1. The van der Waals surface area contributed by atoms with Crippen LogP contribution in [0.5, 0.6) is 0 Å². The fourth-order valence-corrected chi connectivity index (χ4v) is 2.85. The van der Waals surface area contributed by atoms with Crippen molar-refractivity contribution in [3.63, 3.8) is 0 Å². The van der Waals surface area contributed by atoms with E-state index in [1.807, 2.05) is 34.5 Å². The largest absolute Gasteiger partial charge is 0.352 e. The summed E-state index contributed by atoms with van der Waals surface area (Å²) in [6.45, 7) is 3.06. The van der Waals surface area contributed by atoms with E-state index < -0.39 is 0 Å². The maximum atomic E-state index is 12.2. The first-order chi connectivity index (χ1) is 9.34. The Morgan fingerprint density at radius 3 is 2.63 bits per heavy atom. The molecule has 19 heavy (non-hydrogen) atoms. The molecule has 1 amide bonds. The lowest BCUT2D eigenvalue weighted by Crippen LogP contribution is -2.48. The molecule has 0 aromatic carbocycles. The van der Waals surface area contributed by atoms with Gasteiger partial charge in [-0.05, 0) is 23.6 Å². The van der Waals surface area contributed by atoms with Gasteiger partial charge in [0, 0.05) is 32.4 Å². The summed E-state index contributed by atoms with van der Waals surface area (Å²) < 4.78 is 0. The summed E-state index contributed by atoms with van der Waals surface area (Å²) in [5, 5.41) is 9.91. The molecule has 5 nitrogen and oxygen atoms in total. The topological polar surface area (TPSA) is 49.3 Å². The van der Waals surface area contributed by atoms with Gasteiger partial charge in [0.05, 0.1) is 4.88 Å². The van der Waals surface area contributed by atoms with E-state index in [0.29, 0.717) is 0 Å². The molecule has 0 radical (unpaired) electrons. The van der Waals surface area contributed by atoms with Gasteiger partial charge in [-0.15, -0.1) is 16.4 Å². The highest BCUT2D eigenvalue weighted by Crippen LogP contribution is 2.16. The van der Waals surface area contributed by atoms with Gasteiger partial charge in [0.2, 0.25) is 0 Å². The lowest BCUT2D eigenvalue weighted by Gasteiger charge is -2.34. The maximum absolute atomic E-state index is 12.2. The van der Waals surface area contributed by atoms with E-state index in [1.54, 1.807) is 6.20 Å². The van der Waals surface area contributed by atoms with Crippen LogP contribution in [0.4, 0.5) is 5.82 Å². The Balaban J connectivity index is 1.62. The summed E-state index contributed by atoms with van der Waals surface area (Å²) in [5.41, 5.74) is 0. The number of aromatic nitrogens is 2. The molecule has 2 aromatic rings. The number of amides is 1. The molecule has 0 saturated carbocycles. The predicted molar refractivity (Wildman–Crippen MR) is 74.5 cm³/mol. The summed E-state index contributed by atoms with van der Waals surface area (Å²) in [4.78, 5) is 17.1. The molecule has 1 fully saturated rings. The van der Waals surface area contributed by atoms with E-state index in [9.17, 15) is 4.79 Å². The lowest BCUT2D eigenvalue weighted by molar-refractivity contribution is 0.0751. The van der Waals surface area contributed by atoms with Gasteiger partial charge in [0.25, 0.3) is 5.91 Å². The second-order valence-corrected chi connectivity index (χ2v) is 5.29. The predicted octanol–water partition coefficient (Wildman–Crippen LogP) is 1.50. The van der Waals surface area contributed by atoms with E-state index in [0.717, 1.165) is 36.9 Å². The minimum Gasteiger partial charge on any atom is -0.352 e. The molecule has 0 N–H and O–H groups in total. The average Bonchev–Trinajstić information content (AvgIpc) is 3.02. The summed E-state index contributed by atoms with van der Waals surface area (Å²) >= 11 is 1.49. The number of nitrogens with zero attached hydrogens (tertiary/aromatic N) is 4. The fraction of sp³-hybridized carbons (Fsp3) is 0.308. The molecule has 0 spiro atoms. The third-order valence-corrected chi connectivity index (χ3v) is 4.04. The van der Waals surface area contributed by atoms with Crippen LogP contribution in [0, 0.1) is 0 Å². The highest BCUT2D eigenvalue weighted by atomic mass is 32.1. The molecule has 3 heterocycles. The van der Waals surface area contributed by atoms with E-state index in [4.69, 9.17) is 0 Å². The molecule has 1 aliphatic rings. The number of carbonyl (C=O) groups excluding carboxylic acids is 1. The zero-order valence-corrected chi connectivity index (χ0v) is 11.2. The molecule has 1 saturated heterocycles. The van der Waals surface area contributed by atoms with Crippen LogP contribution in [-0.2, 0) is 0 Å². The Kier molecular flexibility index (Phi) is 3.41. The third-order valence-electron chi connectivity index (χ3n) is 3.18. The zero-order chi connectivity index (χ0) is 13.1. The van der Waals surface area contributed by atoms with Gasteiger partial charge >= 0.3 is 0 Å². The molecule has 0 aliphatic carbocycles. The number of hydrogen-bond acceptors (Lipinski definition) is 5. The summed E-state index contributed by atoms with van der Waals surface area (Å²) in [7, 11) is 0. The smallest absolute Gasteiger partial charge is 0.264 e. The zero-order valence-electron chi connectivity index (χ0n) is 10.4. The minimum absolute atomic E-state index is 0.133. The maximum Gasteiger partial charge on any atom is 0.264 e. The molecule has 0 atom stereocenters. The first-order valence-electron chi connectivity index (χ1n) is 6.20. The van der Waals surface area contributed by atoms with Gasteiger partial charge in [-0.3, -0.25) is 4.79 Å². The normalized spacial score (nSPS) is 15.6. The van der Waals surface area contributed by atoms with Gasteiger partial charge < -0.3 is 9.80 Å². The second-order valence-electron chi connectivity index (χ2n) is 4.34. The number of carbonyl (C=O) groups is 1. The van der Waals surface area contributed by atoms with E-state index in [1.165, 1.54) is 11.3 Å². The molecule has 0 unspecified atom stereocenters. The van der Waals surface area contributed by atoms with Crippen molar-refractivity contribution >= 4 is 23.1 Å². The van der Waals surface area contributed by atoms with Gasteiger partial charge in [0.1, 0.15) is 0 Å². The SMILES string of the molecule is O=C(c1cccs1)N1CCN(c2cccnn2)CC1. The number of rotatable bonds is 2. The molecule has 6 heteroatoms. The average molecular weight is 274 g/mol. The molecular weight excluding hydrogens is 260 g/mol. The fourth-order valence-electron chi connectivity index (χ4n) is 2.16. The molecule has 1 aliphatic heterocycles. The number of hydrogen-bond donors (Lipinski definition) is 0. The highest BCUT2D eigenvalue weighted by Gasteiger charge is 2.23. The lowest BCUT2D eigenvalue weighted by atomic mass is 10.3. The first-order valence-corrected chi connectivity index (χ1v) is 7.08. The third kappa shape index (κ3) is 2.58. The summed E-state index contributed by atoms with van der Waals surface area (Å²) in [6, 6.07) is 7.62. The van der Waals surface area contributed by atoms with Crippen molar-refractivity contribution in [2.24, 2.45) is 0 Å². The Labute approximate surface area is 115 Å². The van der Waals surface area contributed by atoms with Crippen LogP contribution in [0.3, 0.4) is 0 Å². The molecule has 3 rings (SSSR count). The van der Waals surface area contributed by atoms with Crippen LogP contribution < -0.4 is 4.90 Å². The molecule has 98 valence electrons. The van der Waals surface area contributed by atoms with Gasteiger partial charge in [0.15, 0.2) is 5.82 Å². The van der Waals surface area contributed by atoms with Gasteiger partial charge in [-0.25, -0.2) is 0 Å². The van der Waals surface area contributed by atoms with Crippen molar-refractivity contribution in [2.75, 3.05) is 31.1 Å². The van der Waals surface area contributed by atoms with E-state index in [2.05, 4.69) is 15.1 Å². The van der Waals surface area contributed by atoms with Crippen molar-refractivity contribution in [3.8, 4) is 0 Å². The monoisotopic (exact) mass is 274 g/mol. The van der Waals surface area contributed by atoms with Crippen LogP contribution in [0.15, 0.2) is 35.8 Å². The standard InChI is InChI=1S/C13H14N4OS/c18-13(11-3-2-10-19-11)17-8-6-16(7-9-17)12-4-1-5-14-15-12/h1-5,10H,6-9H2. The van der Waals surface area contributed by atoms with Crippen molar-refractivity contribution in [1.29, 1.82) is 0 Å². The molecule has 0 bridgehead atoms. The summed E-state index contributed by atoms with van der Waals surface area (Å²) in [5.74, 6) is 1.01. The van der Waals surface area contributed by atoms with Crippen molar-refractivity contribution in [2.45, 2.75) is 0 Å². The van der Waals surface area contributed by atoms with Crippen LogP contribution in [0.2, 0.25) is 0 Å². The Morgan fingerprint density at radius 2 is 2.00 bits per heavy atom. The van der Waals surface area contributed by atoms with Crippen molar-refractivity contribution in [3.05, 3.63) is 40.7 Å². The second kappa shape index (κ2) is 5.36. The number of thiophene rings is 1. The number of piperazine rings is 1. The Morgan fingerprint density at radius 1 is 1.16 bits per heavy atom. The molecule has 2 aromatic heterocycles. The van der Waals surface area contributed by atoms with E-state index >= 15 is 0 Å². The quantitative estimate of drug-likeness (QED) is 0.832.